The molecule has 0 radical (unpaired) electrons. The molecule has 2 aromatic rings. The summed E-state index contributed by atoms with van der Waals surface area (Å²) in [7, 11) is 0. The van der Waals surface area contributed by atoms with Crippen LogP contribution in [0.1, 0.15) is 18.1 Å². The summed E-state index contributed by atoms with van der Waals surface area (Å²) >= 11 is 1.88. The molecule has 2 rings (SSSR count). The fourth-order valence-electron chi connectivity index (χ4n) is 1.89. The summed E-state index contributed by atoms with van der Waals surface area (Å²) < 4.78 is 0. The third-order valence-electron chi connectivity index (χ3n) is 2.92. The molecule has 0 saturated carbocycles. The lowest BCUT2D eigenvalue weighted by molar-refractivity contribution is 1.10. The van der Waals surface area contributed by atoms with E-state index in [9.17, 15) is 0 Å². The van der Waals surface area contributed by atoms with Crippen LogP contribution in [0.15, 0.2) is 53.4 Å². The number of para-hydroxylation sites is 1. The van der Waals surface area contributed by atoms with Crippen LogP contribution in [0, 0.1) is 6.92 Å². The first-order chi connectivity index (χ1) is 8.81. The molecule has 0 aliphatic rings. The molecule has 1 N–H and O–H groups in total. The van der Waals surface area contributed by atoms with Crippen molar-refractivity contribution < 1.29 is 0 Å². The highest BCUT2D eigenvalue weighted by molar-refractivity contribution is 7.99. The lowest BCUT2D eigenvalue weighted by Gasteiger charge is -2.12. The fraction of sp³-hybridized carbons (Fsp3) is 0.250. The minimum absolute atomic E-state index is 0.883. The molecular formula is C16H19NS. The second-order valence-electron chi connectivity index (χ2n) is 4.21. The summed E-state index contributed by atoms with van der Waals surface area (Å²) in [5, 5.41) is 3.53. The Morgan fingerprint density at radius 2 is 1.72 bits per heavy atom. The highest BCUT2D eigenvalue weighted by atomic mass is 32.2. The van der Waals surface area contributed by atoms with Crippen molar-refractivity contribution in [2.45, 2.75) is 25.3 Å². The van der Waals surface area contributed by atoms with Crippen molar-refractivity contribution >= 4 is 17.4 Å². The lowest BCUT2D eigenvalue weighted by atomic mass is 10.1. The predicted molar refractivity (Wildman–Crippen MR) is 81.3 cm³/mol. The van der Waals surface area contributed by atoms with Crippen LogP contribution in [-0.4, -0.2) is 5.75 Å². The SMILES string of the molecule is CCSc1ccccc1NCc1ccccc1C. The zero-order chi connectivity index (χ0) is 12.8. The van der Waals surface area contributed by atoms with Crippen molar-refractivity contribution in [2.24, 2.45) is 0 Å². The van der Waals surface area contributed by atoms with Gasteiger partial charge >= 0.3 is 0 Å². The summed E-state index contributed by atoms with van der Waals surface area (Å²) in [6, 6.07) is 17.0. The molecule has 0 atom stereocenters. The molecule has 0 bridgehead atoms. The van der Waals surface area contributed by atoms with Crippen LogP contribution >= 0.6 is 11.8 Å². The van der Waals surface area contributed by atoms with Crippen LogP contribution in [0.5, 0.6) is 0 Å². The second-order valence-corrected chi connectivity index (χ2v) is 5.52. The van der Waals surface area contributed by atoms with Gasteiger partial charge in [-0.25, -0.2) is 0 Å². The summed E-state index contributed by atoms with van der Waals surface area (Å²) in [5.41, 5.74) is 3.92. The van der Waals surface area contributed by atoms with Gasteiger partial charge in [-0.15, -0.1) is 11.8 Å². The summed E-state index contributed by atoms with van der Waals surface area (Å²) in [6.45, 7) is 5.22. The van der Waals surface area contributed by atoms with E-state index in [2.05, 4.69) is 67.7 Å². The molecule has 0 fully saturated rings. The summed E-state index contributed by atoms with van der Waals surface area (Å²) in [5.74, 6) is 1.10. The number of hydrogen-bond donors (Lipinski definition) is 1. The molecule has 0 saturated heterocycles. The molecular weight excluding hydrogens is 238 g/mol. The normalized spacial score (nSPS) is 10.3. The molecule has 0 spiro atoms. The Morgan fingerprint density at radius 3 is 2.50 bits per heavy atom. The molecule has 94 valence electrons. The topological polar surface area (TPSA) is 12.0 Å². The van der Waals surface area contributed by atoms with E-state index in [4.69, 9.17) is 0 Å². The maximum Gasteiger partial charge on any atom is 0.0481 e. The van der Waals surface area contributed by atoms with Gasteiger partial charge in [0, 0.05) is 17.1 Å². The van der Waals surface area contributed by atoms with Crippen LogP contribution < -0.4 is 5.32 Å². The van der Waals surface area contributed by atoms with E-state index in [1.165, 1.54) is 21.7 Å². The number of nitrogens with one attached hydrogen (secondary N) is 1. The number of rotatable bonds is 5. The largest absolute Gasteiger partial charge is 0.380 e. The van der Waals surface area contributed by atoms with Gasteiger partial charge in [-0.1, -0.05) is 43.3 Å². The van der Waals surface area contributed by atoms with Crippen molar-refractivity contribution in [2.75, 3.05) is 11.1 Å². The molecule has 1 nitrogen and oxygen atoms in total. The van der Waals surface area contributed by atoms with Crippen LogP contribution in [0.25, 0.3) is 0 Å². The zero-order valence-electron chi connectivity index (χ0n) is 10.9. The van der Waals surface area contributed by atoms with Gasteiger partial charge in [-0.2, -0.15) is 0 Å². The van der Waals surface area contributed by atoms with Gasteiger partial charge in [0.15, 0.2) is 0 Å². The van der Waals surface area contributed by atoms with Crippen molar-refractivity contribution in [3.05, 3.63) is 59.7 Å². The molecule has 0 aromatic heterocycles. The zero-order valence-corrected chi connectivity index (χ0v) is 11.8. The van der Waals surface area contributed by atoms with Gasteiger partial charge in [0.25, 0.3) is 0 Å². The van der Waals surface area contributed by atoms with Gasteiger partial charge in [0.05, 0.1) is 0 Å². The minimum Gasteiger partial charge on any atom is -0.380 e. The van der Waals surface area contributed by atoms with E-state index in [0.717, 1.165) is 12.3 Å². The lowest BCUT2D eigenvalue weighted by Crippen LogP contribution is -2.02. The van der Waals surface area contributed by atoms with Gasteiger partial charge in [-0.3, -0.25) is 0 Å². The molecule has 18 heavy (non-hydrogen) atoms. The standard InChI is InChI=1S/C16H19NS/c1-3-18-16-11-7-6-10-15(16)17-12-14-9-5-4-8-13(14)2/h4-11,17H,3,12H2,1-2H3. The summed E-state index contributed by atoms with van der Waals surface area (Å²) in [6.07, 6.45) is 0. The molecule has 2 aromatic carbocycles. The number of thioether (sulfide) groups is 1. The van der Waals surface area contributed by atoms with Crippen LogP contribution in [-0.2, 0) is 6.54 Å². The minimum atomic E-state index is 0.883. The predicted octanol–water partition coefficient (Wildman–Crippen LogP) is 4.72. The average molecular weight is 257 g/mol. The Hall–Kier alpha value is -1.41. The maximum absolute atomic E-state index is 3.53. The number of benzene rings is 2. The number of aryl methyl sites for hydroxylation is 1. The molecule has 0 aliphatic heterocycles. The van der Waals surface area contributed by atoms with Crippen molar-refractivity contribution in [1.82, 2.24) is 0 Å². The van der Waals surface area contributed by atoms with Crippen LogP contribution in [0.2, 0.25) is 0 Å². The van der Waals surface area contributed by atoms with E-state index in [1.54, 1.807) is 0 Å². The van der Waals surface area contributed by atoms with E-state index in [0.29, 0.717) is 0 Å². The van der Waals surface area contributed by atoms with Gasteiger partial charge in [-0.05, 0) is 35.9 Å². The molecule has 0 aliphatic carbocycles. The Balaban J connectivity index is 2.08. The second kappa shape index (κ2) is 6.50. The Morgan fingerprint density at radius 1 is 1.00 bits per heavy atom. The Kier molecular flexibility index (Phi) is 4.71. The first kappa shape index (κ1) is 13.0. The van der Waals surface area contributed by atoms with Gasteiger partial charge in [0.1, 0.15) is 0 Å². The highest BCUT2D eigenvalue weighted by Crippen LogP contribution is 2.27. The maximum atomic E-state index is 3.53. The van der Waals surface area contributed by atoms with Crippen molar-refractivity contribution in [1.29, 1.82) is 0 Å². The Bertz CT molecular complexity index is 508. The van der Waals surface area contributed by atoms with E-state index >= 15 is 0 Å². The average Bonchev–Trinajstić information content (AvgIpc) is 2.40. The summed E-state index contributed by atoms with van der Waals surface area (Å²) in [4.78, 5) is 1.33. The van der Waals surface area contributed by atoms with E-state index < -0.39 is 0 Å². The first-order valence-corrected chi connectivity index (χ1v) is 7.30. The third-order valence-corrected chi connectivity index (χ3v) is 3.87. The third kappa shape index (κ3) is 3.30. The fourth-order valence-corrected chi connectivity index (χ4v) is 2.67. The smallest absolute Gasteiger partial charge is 0.0481 e. The van der Waals surface area contributed by atoms with Crippen molar-refractivity contribution in [3.8, 4) is 0 Å². The van der Waals surface area contributed by atoms with Crippen LogP contribution in [0.4, 0.5) is 5.69 Å². The first-order valence-electron chi connectivity index (χ1n) is 6.31. The van der Waals surface area contributed by atoms with Crippen LogP contribution in [0.3, 0.4) is 0 Å². The molecule has 0 unspecified atom stereocenters. The number of anilines is 1. The quantitative estimate of drug-likeness (QED) is 0.778. The van der Waals surface area contributed by atoms with E-state index in [-0.39, 0.29) is 0 Å². The highest BCUT2D eigenvalue weighted by Gasteiger charge is 2.02. The molecule has 2 heteroatoms. The van der Waals surface area contributed by atoms with E-state index in [1.807, 2.05) is 11.8 Å². The Labute approximate surface area is 114 Å². The molecule has 0 amide bonds. The van der Waals surface area contributed by atoms with Gasteiger partial charge in [0.2, 0.25) is 0 Å². The molecule has 0 heterocycles. The number of hydrogen-bond acceptors (Lipinski definition) is 2. The monoisotopic (exact) mass is 257 g/mol. The van der Waals surface area contributed by atoms with Crippen molar-refractivity contribution in [3.63, 3.8) is 0 Å². The van der Waals surface area contributed by atoms with Gasteiger partial charge < -0.3 is 5.32 Å².